The van der Waals surface area contributed by atoms with E-state index in [1.54, 1.807) is 6.07 Å². The molecule has 1 atom stereocenters. The average Bonchev–Trinajstić information content (AvgIpc) is 2.79. The number of nitrogens with one attached hydrogen (secondary N) is 2. The van der Waals surface area contributed by atoms with Crippen molar-refractivity contribution in [3.63, 3.8) is 0 Å². The second-order valence-corrected chi connectivity index (χ2v) is 6.69. The molecular weight excluding hydrogens is 294 g/mol. The normalized spacial score (nSPS) is 19.8. The Morgan fingerprint density at radius 3 is 2.86 bits per heavy atom. The summed E-state index contributed by atoms with van der Waals surface area (Å²) in [7, 11) is -3.75. The number of nitrogens with two attached hydrogens (primary N) is 1. The van der Waals surface area contributed by atoms with E-state index in [1.807, 2.05) is 11.8 Å². The van der Waals surface area contributed by atoms with E-state index in [0.29, 0.717) is 23.5 Å². The van der Waals surface area contributed by atoms with E-state index in [1.165, 1.54) is 12.1 Å². The van der Waals surface area contributed by atoms with Crippen LogP contribution in [0, 0.1) is 0 Å². The highest BCUT2D eigenvalue weighted by atomic mass is 32.2. The summed E-state index contributed by atoms with van der Waals surface area (Å²) in [6.45, 7) is 2.76. The van der Waals surface area contributed by atoms with Crippen LogP contribution in [0.15, 0.2) is 23.1 Å². The monoisotopic (exact) mass is 309 g/mol. The molecule has 2 aromatic rings. The van der Waals surface area contributed by atoms with Gasteiger partial charge in [0.05, 0.1) is 22.5 Å². The second-order valence-electron chi connectivity index (χ2n) is 5.13. The van der Waals surface area contributed by atoms with Gasteiger partial charge in [0.2, 0.25) is 21.9 Å². The van der Waals surface area contributed by atoms with E-state index in [0.717, 1.165) is 0 Å². The summed E-state index contributed by atoms with van der Waals surface area (Å²) in [5.74, 6) is 0.470. The molecule has 2 heterocycles. The Hall–Kier alpha value is -2.13. The molecule has 0 radical (unpaired) electrons. The lowest BCUT2D eigenvalue weighted by Crippen LogP contribution is -2.53. The minimum atomic E-state index is -3.75. The lowest BCUT2D eigenvalue weighted by Gasteiger charge is -2.30. The largest absolute Gasteiger partial charge is 0.350 e. The molecule has 1 unspecified atom stereocenters. The molecule has 0 bridgehead atoms. The van der Waals surface area contributed by atoms with Gasteiger partial charge in [-0.3, -0.25) is 4.79 Å². The number of amides is 1. The molecule has 1 saturated heterocycles. The van der Waals surface area contributed by atoms with Crippen molar-refractivity contribution in [3.8, 4) is 0 Å². The van der Waals surface area contributed by atoms with Crippen molar-refractivity contribution < 1.29 is 13.2 Å². The number of sulfonamides is 1. The van der Waals surface area contributed by atoms with Crippen molar-refractivity contribution in [2.24, 2.45) is 5.14 Å². The van der Waals surface area contributed by atoms with Gasteiger partial charge in [-0.2, -0.15) is 0 Å². The van der Waals surface area contributed by atoms with Gasteiger partial charge in [0.25, 0.3) is 0 Å². The van der Waals surface area contributed by atoms with Crippen LogP contribution < -0.4 is 15.4 Å². The first kappa shape index (κ1) is 13.8. The van der Waals surface area contributed by atoms with Crippen LogP contribution in [0.3, 0.4) is 0 Å². The highest BCUT2D eigenvalue weighted by Gasteiger charge is 2.24. The molecule has 1 amide bonds. The summed E-state index contributed by atoms with van der Waals surface area (Å²) in [5, 5.41) is 7.93. The first-order valence-corrected chi connectivity index (χ1v) is 7.94. The number of primary sulfonamides is 1. The third-order valence-corrected chi connectivity index (χ3v) is 4.22. The summed E-state index contributed by atoms with van der Waals surface area (Å²) < 4.78 is 22.7. The number of carbonyl (C=O) groups is 1. The Morgan fingerprint density at radius 2 is 2.19 bits per heavy atom. The van der Waals surface area contributed by atoms with E-state index in [2.05, 4.69) is 15.3 Å². The van der Waals surface area contributed by atoms with E-state index in [4.69, 9.17) is 5.14 Å². The molecule has 4 N–H and O–H groups in total. The molecule has 21 heavy (non-hydrogen) atoms. The van der Waals surface area contributed by atoms with Crippen molar-refractivity contribution >= 4 is 32.9 Å². The maximum atomic E-state index is 11.6. The predicted octanol–water partition coefficient (Wildman–Crippen LogP) is -0.465. The molecule has 1 aromatic carbocycles. The van der Waals surface area contributed by atoms with Gasteiger partial charge in [-0.15, -0.1) is 0 Å². The summed E-state index contributed by atoms with van der Waals surface area (Å²) in [6, 6.07) is 4.46. The zero-order chi connectivity index (χ0) is 15.2. The lowest BCUT2D eigenvalue weighted by molar-refractivity contribution is -0.121. The molecule has 112 valence electrons. The van der Waals surface area contributed by atoms with Crippen LogP contribution in [-0.4, -0.2) is 43.4 Å². The van der Waals surface area contributed by atoms with E-state index < -0.39 is 10.0 Å². The van der Waals surface area contributed by atoms with Crippen LogP contribution in [0.2, 0.25) is 0 Å². The maximum absolute atomic E-state index is 11.6. The Balaban J connectivity index is 1.99. The number of piperazine rings is 1. The molecule has 3 rings (SSSR count). The van der Waals surface area contributed by atoms with Gasteiger partial charge in [-0.25, -0.2) is 18.5 Å². The van der Waals surface area contributed by atoms with Crippen molar-refractivity contribution in [2.45, 2.75) is 17.9 Å². The number of hydrogen-bond acceptors (Lipinski definition) is 5. The Morgan fingerprint density at radius 1 is 1.43 bits per heavy atom. The molecule has 0 saturated carbocycles. The molecule has 1 aliphatic rings. The zero-order valence-electron chi connectivity index (χ0n) is 11.3. The van der Waals surface area contributed by atoms with Crippen LogP contribution in [0.1, 0.15) is 6.92 Å². The summed E-state index contributed by atoms with van der Waals surface area (Å²) in [5.41, 5.74) is 1.19. The van der Waals surface area contributed by atoms with Gasteiger partial charge in [0, 0.05) is 12.6 Å². The molecule has 1 aromatic heterocycles. The lowest BCUT2D eigenvalue weighted by atomic mass is 10.2. The molecule has 9 heteroatoms. The van der Waals surface area contributed by atoms with Gasteiger partial charge in [0.15, 0.2) is 0 Å². The van der Waals surface area contributed by atoms with Crippen molar-refractivity contribution in [2.75, 3.05) is 18.0 Å². The van der Waals surface area contributed by atoms with Crippen molar-refractivity contribution in [1.29, 1.82) is 0 Å². The Labute approximate surface area is 121 Å². The minimum absolute atomic E-state index is 0.0231. The minimum Gasteiger partial charge on any atom is -0.350 e. The number of benzene rings is 1. The molecule has 0 aliphatic carbocycles. The molecule has 8 nitrogen and oxygen atoms in total. The number of aromatic amines is 1. The summed E-state index contributed by atoms with van der Waals surface area (Å²) >= 11 is 0. The van der Waals surface area contributed by atoms with Gasteiger partial charge in [-0.05, 0) is 25.1 Å². The standard InChI is InChI=1S/C12H15N5O3S/c1-7-5-17(6-11(18)14-7)12-15-9-3-2-8(21(13,19)20)4-10(9)16-12/h2-4,7H,5-6H2,1H3,(H,14,18)(H,15,16)(H2,13,19,20). The van der Waals surface area contributed by atoms with Crippen LogP contribution in [0.4, 0.5) is 5.95 Å². The quantitative estimate of drug-likeness (QED) is 0.693. The maximum Gasteiger partial charge on any atom is 0.239 e. The molecule has 1 fully saturated rings. The van der Waals surface area contributed by atoms with E-state index in [9.17, 15) is 13.2 Å². The number of anilines is 1. The number of H-pyrrole nitrogens is 1. The number of aromatic nitrogens is 2. The Bertz CT molecular complexity index is 813. The van der Waals surface area contributed by atoms with Crippen LogP contribution in [0.5, 0.6) is 0 Å². The summed E-state index contributed by atoms with van der Waals surface area (Å²) in [6.07, 6.45) is 0. The first-order valence-electron chi connectivity index (χ1n) is 6.40. The van der Waals surface area contributed by atoms with Crippen LogP contribution in [-0.2, 0) is 14.8 Å². The smallest absolute Gasteiger partial charge is 0.239 e. The van der Waals surface area contributed by atoms with Crippen LogP contribution in [0.25, 0.3) is 11.0 Å². The number of carbonyl (C=O) groups excluding carboxylic acids is 1. The number of hydrogen-bond donors (Lipinski definition) is 3. The third kappa shape index (κ3) is 2.69. The van der Waals surface area contributed by atoms with E-state index in [-0.39, 0.29) is 23.4 Å². The van der Waals surface area contributed by atoms with Gasteiger partial charge in [-0.1, -0.05) is 0 Å². The van der Waals surface area contributed by atoms with Crippen molar-refractivity contribution in [3.05, 3.63) is 18.2 Å². The molecule has 1 aliphatic heterocycles. The number of imidazole rings is 1. The zero-order valence-corrected chi connectivity index (χ0v) is 12.1. The Kier molecular flexibility index (Phi) is 3.10. The predicted molar refractivity (Wildman–Crippen MR) is 77.3 cm³/mol. The fourth-order valence-electron chi connectivity index (χ4n) is 2.40. The number of nitrogens with zero attached hydrogens (tertiary/aromatic N) is 2. The fraction of sp³-hybridized carbons (Fsp3) is 0.333. The van der Waals surface area contributed by atoms with Gasteiger partial charge in [0.1, 0.15) is 0 Å². The third-order valence-electron chi connectivity index (χ3n) is 3.31. The van der Waals surface area contributed by atoms with Gasteiger partial charge < -0.3 is 15.2 Å². The van der Waals surface area contributed by atoms with E-state index >= 15 is 0 Å². The van der Waals surface area contributed by atoms with Crippen LogP contribution >= 0.6 is 0 Å². The topological polar surface area (TPSA) is 121 Å². The fourth-order valence-corrected chi connectivity index (χ4v) is 2.94. The SMILES string of the molecule is CC1CN(c2nc3ccc(S(N)(=O)=O)cc3[nH]2)CC(=O)N1. The number of rotatable bonds is 2. The molecule has 0 spiro atoms. The highest BCUT2D eigenvalue weighted by Crippen LogP contribution is 2.21. The van der Waals surface area contributed by atoms with Crippen molar-refractivity contribution in [1.82, 2.24) is 15.3 Å². The molecular formula is C12H15N5O3S. The highest BCUT2D eigenvalue weighted by molar-refractivity contribution is 7.89. The second kappa shape index (κ2) is 4.71. The van der Waals surface area contributed by atoms with Gasteiger partial charge >= 0.3 is 0 Å². The first-order chi connectivity index (χ1) is 9.83. The summed E-state index contributed by atoms with van der Waals surface area (Å²) in [4.78, 5) is 20.8. The average molecular weight is 309 g/mol. The number of fused-ring (bicyclic) bond motifs is 1.